The van der Waals surface area contributed by atoms with Crippen LogP contribution in [-0.2, 0) is 0 Å². The zero-order valence-corrected chi connectivity index (χ0v) is 13.6. The Kier molecular flexibility index (Phi) is 5.68. The van der Waals surface area contributed by atoms with Crippen LogP contribution in [-0.4, -0.2) is 18.1 Å². The molecule has 5 N–H and O–H groups in total. The van der Waals surface area contributed by atoms with E-state index in [0.29, 0.717) is 28.3 Å². The maximum atomic E-state index is 11.4. The summed E-state index contributed by atoms with van der Waals surface area (Å²) in [5, 5.41) is 4.21. The van der Waals surface area contributed by atoms with E-state index in [2.05, 4.69) is 26.1 Å². The number of carbonyl (C=O) groups excluding carboxylic acids is 1. The minimum Gasteiger partial charge on any atom is -0.486 e. The van der Waals surface area contributed by atoms with Crippen LogP contribution in [0.5, 0.6) is 5.75 Å². The van der Waals surface area contributed by atoms with Crippen LogP contribution >= 0.6 is 11.3 Å². The van der Waals surface area contributed by atoms with Crippen LogP contribution in [0.1, 0.15) is 50.7 Å². The Hall–Kier alpha value is -1.43. The molecule has 0 bridgehead atoms. The summed E-state index contributed by atoms with van der Waals surface area (Å²) < 4.78 is 5.75. The lowest BCUT2D eigenvalue weighted by atomic mass is 10.0. The molecule has 1 amide bonds. The fourth-order valence-corrected chi connectivity index (χ4v) is 2.94. The molecule has 0 saturated heterocycles. The first-order valence-corrected chi connectivity index (χ1v) is 7.74. The molecule has 0 aromatic carbocycles. The second-order valence-corrected chi connectivity index (χ2v) is 6.46. The third kappa shape index (κ3) is 3.79. The molecule has 1 aromatic rings. The highest BCUT2D eigenvalue weighted by molar-refractivity contribution is 7.19. The van der Waals surface area contributed by atoms with Crippen LogP contribution in [0.25, 0.3) is 0 Å². The quantitative estimate of drug-likeness (QED) is 0.721. The van der Waals surface area contributed by atoms with Gasteiger partial charge in [-0.3, -0.25) is 4.79 Å². The van der Waals surface area contributed by atoms with Gasteiger partial charge in [0.05, 0.1) is 6.10 Å². The highest BCUT2D eigenvalue weighted by atomic mass is 32.1. The van der Waals surface area contributed by atoms with Gasteiger partial charge in [-0.25, -0.2) is 0 Å². The molecule has 0 spiro atoms. The zero-order chi connectivity index (χ0) is 15.4. The van der Waals surface area contributed by atoms with Gasteiger partial charge in [-0.1, -0.05) is 20.8 Å². The van der Waals surface area contributed by atoms with Gasteiger partial charge in [0.2, 0.25) is 0 Å². The molecule has 20 heavy (non-hydrogen) atoms. The lowest BCUT2D eigenvalue weighted by Crippen LogP contribution is -2.24. The molecular formula is C14H25N3O2S. The fourth-order valence-electron chi connectivity index (χ4n) is 1.97. The third-order valence-electron chi connectivity index (χ3n) is 3.04. The minimum atomic E-state index is -0.522. The van der Waals surface area contributed by atoms with Gasteiger partial charge in [-0.15, -0.1) is 11.3 Å². The van der Waals surface area contributed by atoms with Crippen molar-refractivity contribution in [2.75, 3.05) is 11.1 Å². The normalized spacial score (nSPS) is 12.8. The van der Waals surface area contributed by atoms with Crippen LogP contribution < -0.4 is 21.5 Å². The van der Waals surface area contributed by atoms with Crippen molar-refractivity contribution < 1.29 is 9.53 Å². The highest BCUT2D eigenvalue weighted by Crippen LogP contribution is 2.43. The van der Waals surface area contributed by atoms with Crippen LogP contribution in [0.15, 0.2) is 0 Å². The molecule has 1 unspecified atom stereocenters. The average molecular weight is 299 g/mol. The highest BCUT2D eigenvalue weighted by Gasteiger charge is 2.23. The summed E-state index contributed by atoms with van der Waals surface area (Å²) in [5.41, 5.74) is 11.7. The van der Waals surface area contributed by atoms with E-state index in [9.17, 15) is 4.79 Å². The molecule has 1 atom stereocenters. The molecule has 0 saturated carbocycles. The van der Waals surface area contributed by atoms with Crippen LogP contribution in [0.4, 0.5) is 10.7 Å². The smallest absolute Gasteiger partial charge is 0.261 e. The van der Waals surface area contributed by atoms with Gasteiger partial charge in [0.25, 0.3) is 5.91 Å². The first kappa shape index (κ1) is 16.6. The van der Waals surface area contributed by atoms with Crippen LogP contribution in [0.2, 0.25) is 0 Å². The molecular weight excluding hydrogens is 274 g/mol. The first-order chi connectivity index (χ1) is 9.27. The molecule has 0 aliphatic rings. The molecule has 0 fully saturated rings. The number of hydrogen-bond donors (Lipinski definition) is 3. The summed E-state index contributed by atoms with van der Waals surface area (Å²) in [5.74, 6) is 0.483. The van der Waals surface area contributed by atoms with Crippen molar-refractivity contribution >= 4 is 27.9 Å². The minimum absolute atomic E-state index is 0.0210. The third-order valence-corrected chi connectivity index (χ3v) is 4.17. The number of nitrogens with two attached hydrogens (primary N) is 2. The Morgan fingerprint density at radius 1 is 1.35 bits per heavy atom. The van der Waals surface area contributed by atoms with Crippen molar-refractivity contribution in [3.8, 4) is 5.75 Å². The predicted molar refractivity (Wildman–Crippen MR) is 85.6 cm³/mol. The van der Waals surface area contributed by atoms with Crippen molar-refractivity contribution in [2.45, 2.75) is 53.2 Å². The number of carbonyl (C=O) groups is 1. The van der Waals surface area contributed by atoms with Gasteiger partial charge in [-0.2, -0.15) is 0 Å². The molecule has 0 radical (unpaired) electrons. The van der Waals surface area contributed by atoms with E-state index >= 15 is 0 Å². The maximum absolute atomic E-state index is 11.4. The van der Waals surface area contributed by atoms with E-state index in [1.807, 2.05) is 13.8 Å². The Labute approximate surface area is 124 Å². The van der Waals surface area contributed by atoms with Crippen molar-refractivity contribution in [3.63, 3.8) is 0 Å². The van der Waals surface area contributed by atoms with Crippen LogP contribution in [0.3, 0.4) is 0 Å². The summed E-state index contributed by atoms with van der Waals surface area (Å²) in [6.07, 6.45) is 0.954. The average Bonchev–Trinajstić information content (AvgIpc) is 2.63. The Morgan fingerprint density at radius 3 is 2.35 bits per heavy atom. The van der Waals surface area contributed by atoms with Gasteiger partial charge < -0.3 is 21.5 Å². The summed E-state index contributed by atoms with van der Waals surface area (Å²) in [4.78, 5) is 11.8. The largest absolute Gasteiger partial charge is 0.486 e. The van der Waals surface area contributed by atoms with Gasteiger partial charge in [0.1, 0.15) is 15.6 Å². The van der Waals surface area contributed by atoms with Crippen molar-refractivity contribution in [3.05, 3.63) is 4.88 Å². The van der Waals surface area contributed by atoms with Crippen LogP contribution in [0, 0.1) is 5.92 Å². The van der Waals surface area contributed by atoms with E-state index < -0.39 is 5.91 Å². The van der Waals surface area contributed by atoms with E-state index in [1.165, 1.54) is 11.3 Å². The molecule has 0 aliphatic carbocycles. The molecule has 0 aliphatic heterocycles. The number of rotatable bonds is 7. The first-order valence-electron chi connectivity index (χ1n) is 6.93. The standard InChI is InChI=1S/C14H25N3O2S/c1-6-9(7(2)3)17-14-11(19-8(4)5)10(15)12(20-14)13(16)18/h7-9,17H,6,15H2,1-5H3,(H2,16,18). The Bertz CT molecular complexity index is 469. The maximum Gasteiger partial charge on any atom is 0.261 e. The van der Waals surface area contributed by atoms with Gasteiger partial charge in [0, 0.05) is 6.04 Å². The predicted octanol–water partition coefficient (Wildman–Crippen LogP) is 3.06. The number of ether oxygens (including phenoxy) is 1. The van der Waals surface area contributed by atoms with Crippen molar-refractivity contribution in [1.82, 2.24) is 0 Å². The monoisotopic (exact) mass is 299 g/mol. The lowest BCUT2D eigenvalue weighted by Gasteiger charge is -2.22. The number of primary amides is 1. The van der Waals surface area contributed by atoms with Gasteiger partial charge in [0.15, 0.2) is 5.75 Å². The molecule has 1 aromatic heterocycles. The second-order valence-electron chi connectivity index (χ2n) is 5.44. The van der Waals surface area contributed by atoms with Gasteiger partial charge >= 0.3 is 0 Å². The molecule has 1 rings (SSSR count). The van der Waals surface area contributed by atoms with E-state index in [1.54, 1.807) is 0 Å². The molecule has 114 valence electrons. The lowest BCUT2D eigenvalue weighted by molar-refractivity contribution is 0.100. The van der Waals surface area contributed by atoms with E-state index in [-0.39, 0.29) is 6.10 Å². The molecule has 6 heteroatoms. The Balaban J connectivity index is 3.15. The number of nitrogens with one attached hydrogen (secondary N) is 1. The SMILES string of the molecule is CCC(Nc1sc(C(N)=O)c(N)c1OC(C)C)C(C)C. The molecule has 1 heterocycles. The fraction of sp³-hybridized carbons (Fsp3) is 0.643. The zero-order valence-electron chi connectivity index (χ0n) is 12.8. The number of nitrogen functional groups attached to an aromatic ring is 1. The number of amides is 1. The van der Waals surface area contributed by atoms with Gasteiger partial charge in [-0.05, 0) is 26.2 Å². The summed E-state index contributed by atoms with van der Waals surface area (Å²) in [6, 6.07) is 0.295. The Morgan fingerprint density at radius 2 is 1.95 bits per heavy atom. The van der Waals surface area contributed by atoms with E-state index in [4.69, 9.17) is 16.2 Å². The van der Waals surface area contributed by atoms with Crippen molar-refractivity contribution in [2.24, 2.45) is 11.7 Å². The van der Waals surface area contributed by atoms with E-state index in [0.717, 1.165) is 11.4 Å². The second kappa shape index (κ2) is 6.83. The summed E-state index contributed by atoms with van der Waals surface area (Å²) in [7, 11) is 0. The number of anilines is 2. The summed E-state index contributed by atoms with van der Waals surface area (Å²) >= 11 is 1.26. The topological polar surface area (TPSA) is 90.4 Å². The van der Waals surface area contributed by atoms with Crippen molar-refractivity contribution in [1.29, 1.82) is 0 Å². The number of hydrogen-bond acceptors (Lipinski definition) is 5. The summed E-state index contributed by atoms with van der Waals surface area (Å²) in [6.45, 7) is 10.3. The number of thiophene rings is 1. The molecule has 5 nitrogen and oxygen atoms in total.